The number of ether oxygens (including phenoxy) is 1. The predicted molar refractivity (Wildman–Crippen MR) is 98.3 cm³/mol. The Bertz CT molecular complexity index is 905. The lowest BCUT2D eigenvalue weighted by molar-refractivity contribution is -0.118. The van der Waals surface area contributed by atoms with Crippen LogP contribution in [0, 0.1) is 0 Å². The number of nitrogens with one attached hydrogen (secondary N) is 1. The Morgan fingerprint density at radius 1 is 1.30 bits per heavy atom. The maximum atomic E-state index is 12.2. The second-order valence-electron chi connectivity index (χ2n) is 6.37. The summed E-state index contributed by atoms with van der Waals surface area (Å²) in [6, 6.07) is 11.0. The first kappa shape index (κ1) is 17.2. The van der Waals surface area contributed by atoms with Gasteiger partial charge in [-0.1, -0.05) is 5.16 Å². The Morgan fingerprint density at radius 3 is 2.81 bits per heavy atom. The van der Waals surface area contributed by atoms with Gasteiger partial charge >= 0.3 is 0 Å². The zero-order valence-electron chi connectivity index (χ0n) is 14.8. The molecule has 0 radical (unpaired) electrons. The lowest BCUT2D eigenvalue weighted by Gasteiger charge is -2.36. The normalized spacial score (nSPS) is 14.6. The van der Waals surface area contributed by atoms with Crippen LogP contribution in [0.2, 0.25) is 0 Å². The molecule has 1 N–H and O–H groups in total. The van der Waals surface area contributed by atoms with Gasteiger partial charge in [-0.15, -0.1) is 0 Å². The molecule has 1 aliphatic rings. The fourth-order valence-electron chi connectivity index (χ4n) is 2.95. The molecule has 8 heteroatoms. The summed E-state index contributed by atoms with van der Waals surface area (Å²) in [4.78, 5) is 22.7. The third-order valence-electron chi connectivity index (χ3n) is 4.41. The lowest BCUT2D eigenvalue weighted by atomic mass is 10.0. The lowest BCUT2D eigenvalue weighted by Crippen LogP contribution is -2.48. The standard InChI is InChI=1S/C19H19N5O3/c1-26-16-6-4-15(5-7-16)21-17(25)12-24-10-14(11-24)19-22-18(23-27-19)13-3-2-8-20-9-13/h2-9,14H,10-12H2,1H3,(H,21,25). The van der Waals surface area contributed by atoms with Gasteiger partial charge in [0.1, 0.15) is 5.75 Å². The first-order valence-corrected chi connectivity index (χ1v) is 8.61. The number of likely N-dealkylation sites (tertiary alicyclic amines) is 1. The zero-order valence-corrected chi connectivity index (χ0v) is 14.8. The Kier molecular flexibility index (Phi) is 4.80. The molecule has 1 saturated heterocycles. The maximum Gasteiger partial charge on any atom is 0.238 e. The summed E-state index contributed by atoms with van der Waals surface area (Å²) in [5.74, 6) is 1.98. The van der Waals surface area contributed by atoms with Gasteiger partial charge in [0.25, 0.3) is 0 Å². The van der Waals surface area contributed by atoms with E-state index in [4.69, 9.17) is 9.26 Å². The van der Waals surface area contributed by atoms with Gasteiger partial charge in [0.15, 0.2) is 0 Å². The van der Waals surface area contributed by atoms with Gasteiger partial charge in [0, 0.05) is 36.7 Å². The molecule has 3 aromatic rings. The molecule has 2 aromatic heterocycles. The third-order valence-corrected chi connectivity index (χ3v) is 4.41. The highest BCUT2D eigenvalue weighted by molar-refractivity contribution is 5.92. The Balaban J connectivity index is 1.27. The summed E-state index contributed by atoms with van der Waals surface area (Å²) in [5.41, 5.74) is 1.57. The summed E-state index contributed by atoms with van der Waals surface area (Å²) in [6.45, 7) is 1.75. The highest BCUT2D eigenvalue weighted by Crippen LogP contribution is 2.27. The predicted octanol–water partition coefficient (Wildman–Crippen LogP) is 2.18. The number of carbonyl (C=O) groups excluding carboxylic acids is 1. The van der Waals surface area contributed by atoms with Crippen molar-refractivity contribution in [2.75, 3.05) is 32.1 Å². The highest BCUT2D eigenvalue weighted by Gasteiger charge is 2.33. The van der Waals surface area contributed by atoms with Crippen molar-refractivity contribution in [1.29, 1.82) is 0 Å². The van der Waals surface area contributed by atoms with E-state index in [2.05, 4.69) is 20.4 Å². The van der Waals surface area contributed by atoms with Gasteiger partial charge in [0.05, 0.1) is 19.6 Å². The van der Waals surface area contributed by atoms with Crippen LogP contribution in [0.5, 0.6) is 5.75 Å². The summed E-state index contributed by atoms with van der Waals surface area (Å²) in [6.07, 6.45) is 3.40. The van der Waals surface area contributed by atoms with Gasteiger partial charge < -0.3 is 14.6 Å². The van der Waals surface area contributed by atoms with Crippen molar-refractivity contribution in [2.24, 2.45) is 0 Å². The number of amides is 1. The number of aromatic nitrogens is 3. The van der Waals surface area contributed by atoms with E-state index in [1.807, 2.05) is 41.3 Å². The van der Waals surface area contributed by atoms with Crippen molar-refractivity contribution >= 4 is 11.6 Å². The molecular formula is C19H19N5O3. The number of carbonyl (C=O) groups is 1. The molecule has 138 valence electrons. The van der Waals surface area contributed by atoms with Crippen LogP contribution in [-0.4, -0.2) is 52.7 Å². The van der Waals surface area contributed by atoms with Crippen LogP contribution in [-0.2, 0) is 4.79 Å². The summed E-state index contributed by atoms with van der Waals surface area (Å²) >= 11 is 0. The molecule has 0 spiro atoms. The van der Waals surface area contributed by atoms with Gasteiger partial charge in [-0.3, -0.25) is 14.7 Å². The van der Waals surface area contributed by atoms with E-state index in [-0.39, 0.29) is 11.8 Å². The van der Waals surface area contributed by atoms with Crippen molar-refractivity contribution < 1.29 is 14.1 Å². The van der Waals surface area contributed by atoms with Gasteiger partial charge in [-0.25, -0.2) is 0 Å². The van der Waals surface area contributed by atoms with E-state index < -0.39 is 0 Å². The van der Waals surface area contributed by atoms with Crippen LogP contribution in [0.3, 0.4) is 0 Å². The van der Waals surface area contributed by atoms with E-state index in [1.165, 1.54) is 0 Å². The molecule has 0 bridgehead atoms. The number of pyridine rings is 1. The number of anilines is 1. The van der Waals surface area contributed by atoms with Crippen LogP contribution >= 0.6 is 0 Å². The first-order valence-electron chi connectivity index (χ1n) is 8.61. The Labute approximate surface area is 156 Å². The minimum absolute atomic E-state index is 0.0554. The second-order valence-corrected chi connectivity index (χ2v) is 6.37. The average Bonchev–Trinajstić information content (AvgIpc) is 3.15. The molecule has 1 amide bonds. The van der Waals surface area contributed by atoms with E-state index in [1.54, 1.807) is 19.5 Å². The average molecular weight is 365 g/mol. The number of hydrogen-bond acceptors (Lipinski definition) is 7. The molecule has 1 aliphatic heterocycles. The van der Waals surface area contributed by atoms with E-state index >= 15 is 0 Å². The van der Waals surface area contributed by atoms with E-state index in [0.29, 0.717) is 31.3 Å². The van der Waals surface area contributed by atoms with E-state index in [9.17, 15) is 4.79 Å². The minimum atomic E-state index is -0.0554. The van der Waals surface area contributed by atoms with Crippen LogP contribution in [0.15, 0.2) is 53.3 Å². The number of nitrogens with zero attached hydrogens (tertiary/aromatic N) is 4. The van der Waals surface area contributed by atoms with Crippen molar-refractivity contribution in [1.82, 2.24) is 20.0 Å². The first-order chi connectivity index (χ1) is 13.2. The molecule has 27 heavy (non-hydrogen) atoms. The summed E-state index contributed by atoms with van der Waals surface area (Å²) < 4.78 is 10.5. The van der Waals surface area contributed by atoms with Crippen LogP contribution in [0.1, 0.15) is 11.8 Å². The van der Waals surface area contributed by atoms with E-state index in [0.717, 1.165) is 17.0 Å². The van der Waals surface area contributed by atoms with Gasteiger partial charge in [0.2, 0.25) is 17.6 Å². The summed E-state index contributed by atoms with van der Waals surface area (Å²) in [7, 11) is 1.61. The quantitative estimate of drug-likeness (QED) is 0.715. The molecular weight excluding hydrogens is 346 g/mol. The Morgan fingerprint density at radius 2 is 2.11 bits per heavy atom. The highest BCUT2D eigenvalue weighted by atomic mass is 16.5. The van der Waals surface area contributed by atoms with Crippen molar-refractivity contribution in [3.8, 4) is 17.1 Å². The number of methoxy groups -OCH3 is 1. The second kappa shape index (κ2) is 7.55. The van der Waals surface area contributed by atoms with Crippen LogP contribution < -0.4 is 10.1 Å². The summed E-state index contributed by atoms with van der Waals surface area (Å²) in [5, 5.41) is 6.89. The van der Waals surface area contributed by atoms with Gasteiger partial charge in [-0.05, 0) is 36.4 Å². The monoisotopic (exact) mass is 365 g/mol. The minimum Gasteiger partial charge on any atom is -0.497 e. The molecule has 1 aromatic carbocycles. The van der Waals surface area contributed by atoms with Crippen molar-refractivity contribution in [2.45, 2.75) is 5.92 Å². The largest absolute Gasteiger partial charge is 0.497 e. The fourth-order valence-corrected chi connectivity index (χ4v) is 2.95. The topological polar surface area (TPSA) is 93.4 Å². The third kappa shape index (κ3) is 3.95. The molecule has 0 aliphatic carbocycles. The number of hydrogen-bond donors (Lipinski definition) is 1. The SMILES string of the molecule is COc1ccc(NC(=O)CN2CC(c3nc(-c4cccnc4)no3)C2)cc1. The molecule has 0 unspecified atom stereocenters. The van der Waals surface area contributed by atoms with Crippen LogP contribution in [0.4, 0.5) is 5.69 Å². The number of benzene rings is 1. The molecule has 8 nitrogen and oxygen atoms in total. The smallest absolute Gasteiger partial charge is 0.238 e. The Hall–Kier alpha value is -3.26. The van der Waals surface area contributed by atoms with Crippen LogP contribution in [0.25, 0.3) is 11.4 Å². The zero-order chi connectivity index (χ0) is 18.6. The maximum absolute atomic E-state index is 12.2. The number of rotatable bonds is 6. The van der Waals surface area contributed by atoms with Crippen molar-refractivity contribution in [3.63, 3.8) is 0 Å². The molecule has 3 heterocycles. The molecule has 4 rings (SSSR count). The fraction of sp³-hybridized carbons (Fsp3) is 0.263. The molecule has 0 atom stereocenters. The molecule has 0 saturated carbocycles. The molecule has 1 fully saturated rings. The van der Waals surface area contributed by atoms with Gasteiger partial charge in [-0.2, -0.15) is 4.98 Å². The van der Waals surface area contributed by atoms with Crippen molar-refractivity contribution in [3.05, 3.63) is 54.7 Å².